The summed E-state index contributed by atoms with van der Waals surface area (Å²) in [5.74, 6) is -4.88. The third-order valence-corrected chi connectivity index (χ3v) is 5.51. The van der Waals surface area contributed by atoms with E-state index in [1.807, 2.05) is 6.92 Å². The first kappa shape index (κ1) is 17.3. The van der Waals surface area contributed by atoms with Gasteiger partial charge in [-0.1, -0.05) is 25.3 Å². The molecule has 24 heavy (non-hydrogen) atoms. The van der Waals surface area contributed by atoms with Crippen LogP contribution in [0, 0.1) is 5.41 Å². The van der Waals surface area contributed by atoms with Crippen molar-refractivity contribution in [3.8, 4) is 0 Å². The molecule has 2 fully saturated rings. The van der Waals surface area contributed by atoms with Gasteiger partial charge in [0.2, 0.25) is 0 Å². The number of pyridine rings is 1. The summed E-state index contributed by atoms with van der Waals surface area (Å²) in [6.45, 7) is 2.55. The van der Waals surface area contributed by atoms with E-state index < -0.39 is 17.5 Å². The maximum Gasteiger partial charge on any atom is 0.366 e. The van der Waals surface area contributed by atoms with Gasteiger partial charge in [0.1, 0.15) is 5.69 Å². The molecule has 6 heteroatoms. The van der Waals surface area contributed by atoms with Crippen LogP contribution in [-0.2, 0) is 15.5 Å². The Morgan fingerprint density at radius 1 is 1.38 bits per heavy atom. The number of carbonyl (C=O) groups is 1. The van der Waals surface area contributed by atoms with E-state index in [4.69, 9.17) is 4.74 Å². The fourth-order valence-electron chi connectivity index (χ4n) is 4.18. The highest BCUT2D eigenvalue weighted by atomic mass is 19.3. The van der Waals surface area contributed by atoms with E-state index in [2.05, 4.69) is 10.3 Å². The summed E-state index contributed by atoms with van der Waals surface area (Å²) in [5, 5.41) is 2.60. The number of alkyl halides is 2. The summed E-state index contributed by atoms with van der Waals surface area (Å²) in [6, 6.07) is 3.95. The number of carbonyl (C=O) groups excluding carboxylic acids is 1. The first-order valence-corrected chi connectivity index (χ1v) is 8.72. The molecule has 1 amide bonds. The highest BCUT2D eigenvalue weighted by Gasteiger charge is 2.57. The molecule has 0 bridgehead atoms. The van der Waals surface area contributed by atoms with Crippen LogP contribution >= 0.6 is 0 Å². The lowest BCUT2D eigenvalue weighted by molar-refractivity contribution is -0.169. The number of amides is 1. The third kappa shape index (κ3) is 2.92. The van der Waals surface area contributed by atoms with Crippen molar-refractivity contribution in [1.82, 2.24) is 10.3 Å². The van der Waals surface area contributed by atoms with Gasteiger partial charge in [0.25, 0.3) is 5.91 Å². The van der Waals surface area contributed by atoms with Crippen LogP contribution in [0.5, 0.6) is 0 Å². The minimum Gasteiger partial charge on any atom is -0.378 e. The van der Waals surface area contributed by atoms with E-state index >= 15 is 0 Å². The second kappa shape index (κ2) is 6.75. The van der Waals surface area contributed by atoms with Gasteiger partial charge in [-0.2, -0.15) is 8.78 Å². The average molecular weight is 338 g/mol. The topological polar surface area (TPSA) is 51.2 Å². The molecule has 1 spiro atoms. The molecule has 0 radical (unpaired) electrons. The average Bonchev–Trinajstić information content (AvgIpc) is 2.62. The van der Waals surface area contributed by atoms with Gasteiger partial charge >= 0.3 is 5.92 Å². The van der Waals surface area contributed by atoms with Crippen molar-refractivity contribution >= 4 is 5.91 Å². The van der Waals surface area contributed by atoms with Gasteiger partial charge in [-0.05, 0) is 38.3 Å². The summed E-state index contributed by atoms with van der Waals surface area (Å²) in [6.07, 6.45) is 7.09. The van der Waals surface area contributed by atoms with E-state index in [1.54, 1.807) is 6.07 Å². The molecule has 1 N–H and O–H groups in total. The van der Waals surface area contributed by atoms with Crippen LogP contribution in [0.15, 0.2) is 24.4 Å². The number of nitrogens with zero attached hydrogens (tertiary/aromatic N) is 1. The van der Waals surface area contributed by atoms with Gasteiger partial charge in [0, 0.05) is 24.3 Å². The minimum absolute atomic E-state index is 0.0663. The number of hydrogen-bond acceptors (Lipinski definition) is 3. The highest BCUT2D eigenvalue weighted by Crippen LogP contribution is 2.53. The number of aromatic nitrogens is 1. The van der Waals surface area contributed by atoms with Crippen LogP contribution in [0.4, 0.5) is 8.78 Å². The lowest BCUT2D eigenvalue weighted by atomic mass is 9.55. The molecule has 132 valence electrons. The van der Waals surface area contributed by atoms with Gasteiger partial charge in [-0.25, -0.2) is 0 Å². The Hall–Kier alpha value is -1.56. The second-order valence-corrected chi connectivity index (χ2v) is 6.79. The number of hydrogen-bond donors (Lipinski definition) is 1. The largest absolute Gasteiger partial charge is 0.378 e. The molecular formula is C18H24F2N2O2. The first-order valence-electron chi connectivity index (χ1n) is 8.72. The Morgan fingerprint density at radius 2 is 2.12 bits per heavy atom. The fourth-order valence-corrected chi connectivity index (χ4v) is 4.18. The molecule has 0 saturated heterocycles. The molecule has 3 rings (SSSR count). The summed E-state index contributed by atoms with van der Waals surface area (Å²) in [7, 11) is 0. The monoisotopic (exact) mass is 338 g/mol. The van der Waals surface area contributed by atoms with Gasteiger partial charge in [0.05, 0.1) is 6.10 Å². The molecule has 2 saturated carbocycles. The van der Waals surface area contributed by atoms with Gasteiger partial charge in [-0.3, -0.25) is 9.78 Å². The van der Waals surface area contributed by atoms with Crippen molar-refractivity contribution in [1.29, 1.82) is 0 Å². The molecular weight excluding hydrogens is 314 g/mol. The van der Waals surface area contributed by atoms with E-state index in [9.17, 15) is 13.6 Å². The highest BCUT2D eigenvalue weighted by molar-refractivity contribution is 5.84. The Kier molecular flexibility index (Phi) is 4.85. The van der Waals surface area contributed by atoms with Crippen molar-refractivity contribution in [2.24, 2.45) is 5.41 Å². The van der Waals surface area contributed by atoms with Gasteiger partial charge < -0.3 is 10.1 Å². The number of nitrogens with one attached hydrogen (secondary N) is 1. The zero-order valence-electron chi connectivity index (χ0n) is 13.9. The van der Waals surface area contributed by atoms with Crippen molar-refractivity contribution in [3.63, 3.8) is 0 Å². The second-order valence-electron chi connectivity index (χ2n) is 6.79. The van der Waals surface area contributed by atoms with Crippen LogP contribution in [0.1, 0.15) is 51.1 Å². The maximum atomic E-state index is 14.4. The zero-order chi connectivity index (χ0) is 17.2. The van der Waals surface area contributed by atoms with Crippen molar-refractivity contribution < 1.29 is 18.3 Å². The summed E-state index contributed by atoms with van der Waals surface area (Å²) < 4.78 is 34.5. The summed E-state index contributed by atoms with van der Waals surface area (Å²) in [5.41, 5.74) is -0.690. The lowest BCUT2D eigenvalue weighted by Gasteiger charge is -2.57. The van der Waals surface area contributed by atoms with E-state index in [1.165, 1.54) is 18.3 Å². The Labute approximate surface area is 141 Å². The molecule has 4 nitrogen and oxygen atoms in total. The summed E-state index contributed by atoms with van der Waals surface area (Å²) >= 11 is 0. The Bertz CT molecular complexity index is 574. The van der Waals surface area contributed by atoms with Crippen LogP contribution in [0.3, 0.4) is 0 Å². The van der Waals surface area contributed by atoms with E-state index in [-0.39, 0.29) is 17.6 Å². The molecule has 0 aliphatic heterocycles. The smallest absolute Gasteiger partial charge is 0.366 e. The fraction of sp³-hybridized carbons (Fsp3) is 0.667. The molecule has 1 heterocycles. The van der Waals surface area contributed by atoms with Crippen molar-refractivity contribution in [2.75, 3.05) is 6.61 Å². The molecule has 1 aromatic rings. The molecule has 0 unspecified atom stereocenters. The quantitative estimate of drug-likeness (QED) is 0.895. The zero-order valence-corrected chi connectivity index (χ0v) is 13.9. The number of rotatable bonds is 5. The molecule has 2 aliphatic rings. The van der Waals surface area contributed by atoms with Crippen molar-refractivity contribution in [3.05, 3.63) is 30.1 Å². The predicted molar refractivity (Wildman–Crippen MR) is 85.6 cm³/mol. The maximum absolute atomic E-state index is 14.4. The molecule has 2 atom stereocenters. The van der Waals surface area contributed by atoms with Crippen LogP contribution in [0.2, 0.25) is 0 Å². The Balaban J connectivity index is 1.72. The van der Waals surface area contributed by atoms with Crippen LogP contribution in [-0.4, -0.2) is 29.6 Å². The Morgan fingerprint density at radius 3 is 2.75 bits per heavy atom. The minimum atomic E-state index is -3.62. The lowest BCUT2D eigenvalue weighted by Crippen LogP contribution is -2.66. The standard InChI is InChI=1S/C18H24F2N2O2/c1-2-24-15-12-14(17(15)9-5-3-6-10-17)22-16(23)18(19,20)13-8-4-7-11-21-13/h4,7-8,11,14-15H,2-3,5-6,9-10,12H2,1H3,(H,22,23)/t14-,15-/m1/s1. The molecule has 2 aliphatic carbocycles. The van der Waals surface area contributed by atoms with E-state index in [0.717, 1.165) is 32.1 Å². The van der Waals surface area contributed by atoms with Crippen LogP contribution in [0.25, 0.3) is 0 Å². The summed E-state index contributed by atoms with van der Waals surface area (Å²) in [4.78, 5) is 15.9. The van der Waals surface area contributed by atoms with Crippen molar-refractivity contribution in [2.45, 2.75) is 63.5 Å². The van der Waals surface area contributed by atoms with Gasteiger partial charge in [-0.15, -0.1) is 0 Å². The SMILES string of the molecule is CCO[C@@H]1C[C@@H](NC(=O)C(F)(F)c2ccccn2)C12CCCCC2. The predicted octanol–water partition coefficient (Wildman–Crippen LogP) is 3.42. The van der Waals surface area contributed by atoms with Gasteiger partial charge in [0.15, 0.2) is 0 Å². The van der Waals surface area contributed by atoms with E-state index in [0.29, 0.717) is 13.0 Å². The molecule has 1 aromatic heterocycles. The van der Waals surface area contributed by atoms with Crippen LogP contribution < -0.4 is 5.32 Å². The number of halogens is 2. The molecule has 0 aromatic carbocycles. The third-order valence-electron chi connectivity index (χ3n) is 5.51. The normalized spacial score (nSPS) is 26.0. The number of ether oxygens (including phenoxy) is 1. The first-order chi connectivity index (χ1) is 11.5.